The lowest BCUT2D eigenvalue weighted by molar-refractivity contribution is -0.133. The maximum absolute atomic E-state index is 13.3. The molecule has 1 heterocycles. The number of sulfone groups is 1. The van der Waals surface area contributed by atoms with E-state index in [9.17, 15) is 22.0 Å². The van der Waals surface area contributed by atoms with E-state index in [1.807, 2.05) is 0 Å². The van der Waals surface area contributed by atoms with Gasteiger partial charge in [-0.05, 0) is 31.5 Å². The van der Waals surface area contributed by atoms with Gasteiger partial charge in [0.1, 0.15) is 17.4 Å². The zero-order valence-corrected chi connectivity index (χ0v) is 12.0. The fourth-order valence-corrected chi connectivity index (χ4v) is 3.97. The van der Waals surface area contributed by atoms with Gasteiger partial charge in [0.15, 0.2) is 9.84 Å². The van der Waals surface area contributed by atoms with E-state index in [1.165, 1.54) is 4.90 Å². The molecular formula is C13H15F2NO3S. The van der Waals surface area contributed by atoms with Crippen molar-refractivity contribution < 1.29 is 22.0 Å². The van der Waals surface area contributed by atoms with Gasteiger partial charge in [0.2, 0.25) is 5.91 Å². The Kier molecular flexibility index (Phi) is 3.82. The van der Waals surface area contributed by atoms with Gasteiger partial charge < -0.3 is 4.90 Å². The predicted molar refractivity (Wildman–Crippen MR) is 69.7 cm³/mol. The van der Waals surface area contributed by atoms with E-state index in [0.29, 0.717) is 6.07 Å². The zero-order chi connectivity index (χ0) is 15.1. The van der Waals surface area contributed by atoms with Crippen LogP contribution in [0.1, 0.15) is 25.5 Å². The molecule has 20 heavy (non-hydrogen) atoms. The lowest BCUT2D eigenvalue weighted by Crippen LogP contribution is -2.50. The molecule has 4 nitrogen and oxygen atoms in total. The first kappa shape index (κ1) is 14.9. The molecule has 0 N–H and O–H groups in total. The second-order valence-electron chi connectivity index (χ2n) is 5.17. The first-order valence-electron chi connectivity index (χ1n) is 6.17. The second kappa shape index (κ2) is 5.12. The summed E-state index contributed by atoms with van der Waals surface area (Å²) in [5.74, 6) is -3.00. The summed E-state index contributed by atoms with van der Waals surface area (Å²) in [5, 5.41) is 0. The van der Waals surface area contributed by atoms with E-state index in [-0.39, 0.29) is 17.4 Å². The Hall–Kier alpha value is -1.50. The van der Waals surface area contributed by atoms with E-state index < -0.39 is 39.2 Å². The number of carbonyl (C=O) groups excluding carboxylic acids is 1. The molecule has 1 aliphatic heterocycles. The highest BCUT2D eigenvalue weighted by molar-refractivity contribution is 7.92. The Morgan fingerprint density at radius 3 is 2.25 bits per heavy atom. The minimum Gasteiger partial charge on any atom is -0.331 e. The Balaban J connectivity index is 2.51. The van der Waals surface area contributed by atoms with Crippen molar-refractivity contribution in [2.45, 2.75) is 25.9 Å². The van der Waals surface area contributed by atoms with Crippen molar-refractivity contribution in [3.05, 3.63) is 35.4 Å². The molecule has 0 aromatic heterocycles. The molecule has 0 saturated carbocycles. The summed E-state index contributed by atoms with van der Waals surface area (Å²) in [5.41, 5.74) is 0.160. The topological polar surface area (TPSA) is 54.5 Å². The number of halogens is 2. The van der Waals surface area contributed by atoms with Crippen molar-refractivity contribution in [1.82, 2.24) is 4.90 Å². The second-order valence-corrected chi connectivity index (χ2v) is 7.28. The average Bonchev–Trinajstić information content (AvgIpc) is 2.24. The van der Waals surface area contributed by atoms with Gasteiger partial charge in [-0.2, -0.15) is 0 Å². The van der Waals surface area contributed by atoms with Gasteiger partial charge in [0.05, 0.1) is 11.8 Å². The number of benzene rings is 1. The first-order valence-corrected chi connectivity index (χ1v) is 7.99. The van der Waals surface area contributed by atoms with Crippen molar-refractivity contribution >= 4 is 15.7 Å². The Bertz CT molecular complexity index is 623. The van der Waals surface area contributed by atoms with Crippen LogP contribution in [0.15, 0.2) is 18.2 Å². The maximum Gasteiger partial charge on any atom is 0.238 e. The number of rotatable bonds is 2. The summed E-state index contributed by atoms with van der Waals surface area (Å²) in [6.07, 6.45) is 0. The molecule has 110 valence electrons. The van der Waals surface area contributed by atoms with Gasteiger partial charge in [-0.1, -0.05) is 0 Å². The van der Waals surface area contributed by atoms with Crippen LogP contribution in [0.3, 0.4) is 0 Å². The fraction of sp³-hybridized carbons (Fsp3) is 0.462. The molecule has 7 heteroatoms. The van der Waals surface area contributed by atoms with Crippen molar-refractivity contribution in [3.63, 3.8) is 0 Å². The largest absolute Gasteiger partial charge is 0.331 e. The molecule has 1 aliphatic rings. The van der Waals surface area contributed by atoms with Crippen LogP contribution in [-0.4, -0.2) is 36.8 Å². The molecule has 1 saturated heterocycles. The summed E-state index contributed by atoms with van der Waals surface area (Å²) < 4.78 is 50.1. The summed E-state index contributed by atoms with van der Waals surface area (Å²) in [6.45, 7) is 3.47. The third kappa shape index (κ3) is 2.98. The van der Waals surface area contributed by atoms with Gasteiger partial charge in [0.25, 0.3) is 0 Å². The van der Waals surface area contributed by atoms with E-state index in [1.54, 1.807) is 13.8 Å². The molecule has 0 radical (unpaired) electrons. The number of amides is 1. The van der Waals surface area contributed by atoms with Crippen LogP contribution in [0.25, 0.3) is 0 Å². The van der Waals surface area contributed by atoms with Crippen LogP contribution < -0.4 is 0 Å². The highest BCUT2D eigenvalue weighted by Crippen LogP contribution is 2.30. The van der Waals surface area contributed by atoms with E-state index in [4.69, 9.17) is 0 Å². The van der Waals surface area contributed by atoms with Crippen LogP contribution in [-0.2, 0) is 14.6 Å². The Morgan fingerprint density at radius 1 is 1.20 bits per heavy atom. The van der Waals surface area contributed by atoms with Crippen molar-refractivity contribution in [2.75, 3.05) is 11.5 Å². The SMILES string of the molecule is CC(C)N1C(=O)CS(=O)(=O)C[C@H]1c1cc(F)cc(F)c1. The molecular weight excluding hydrogens is 288 g/mol. The molecule has 0 unspecified atom stereocenters. The maximum atomic E-state index is 13.3. The van der Waals surface area contributed by atoms with Gasteiger partial charge in [-0.3, -0.25) is 4.79 Å². The van der Waals surface area contributed by atoms with Gasteiger partial charge >= 0.3 is 0 Å². The molecule has 0 spiro atoms. The monoisotopic (exact) mass is 303 g/mol. The molecule has 1 aromatic rings. The first-order chi connectivity index (χ1) is 9.19. The van der Waals surface area contributed by atoms with Crippen LogP contribution in [0.5, 0.6) is 0 Å². The predicted octanol–water partition coefficient (Wildman–Crippen LogP) is 1.67. The van der Waals surface area contributed by atoms with Crippen LogP contribution >= 0.6 is 0 Å². The quantitative estimate of drug-likeness (QED) is 0.835. The van der Waals surface area contributed by atoms with Crippen molar-refractivity contribution in [2.24, 2.45) is 0 Å². The summed E-state index contributed by atoms with van der Waals surface area (Å²) in [4.78, 5) is 13.3. The molecule has 0 bridgehead atoms. The number of hydrogen-bond donors (Lipinski definition) is 0. The van der Waals surface area contributed by atoms with Crippen LogP contribution in [0.4, 0.5) is 8.78 Å². The van der Waals surface area contributed by atoms with Crippen LogP contribution in [0.2, 0.25) is 0 Å². The van der Waals surface area contributed by atoms with Gasteiger partial charge in [0, 0.05) is 12.1 Å². The smallest absolute Gasteiger partial charge is 0.238 e. The fourth-order valence-electron chi connectivity index (χ4n) is 2.49. The minimum absolute atomic E-state index is 0.160. The average molecular weight is 303 g/mol. The van der Waals surface area contributed by atoms with Crippen molar-refractivity contribution in [1.29, 1.82) is 0 Å². The highest BCUT2D eigenvalue weighted by atomic mass is 32.2. The number of nitrogens with zero attached hydrogens (tertiary/aromatic N) is 1. The third-order valence-electron chi connectivity index (χ3n) is 3.20. The molecule has 0 aliphatic carbocycles. The Morgan fingerprint density at radius 2 is 1.75 bits per heavy atom. The normalized spacial score (nSPS) is 22.4. The van der Waals surface area contributed by atoms with Gasteiger partial charge in [-0.25, -0.2) is 17.2 Å². The van der Waals surface area contributed by atoms with Crippen LogP contribution in [0, 0.1) is 11.6 Å². The standard InChI is InChI=1S/C13H15F2NO3S/c1-8(2)16-12(6-20(18,19)7-13(16)17)9-3-10(14)5-11(15)4-9/h3-5,8,12H,6-7H2,1-2H3/t12-/m0/s1. The van der Waals surface area contributed by atoms with E-state index >= 15 is 0 Å². The highest BCUT2D eigenvalue weighted by Gasteiger charge is 2.39. The number of carbonyl (C=O) groups is 1. The van der Waals surface area contributed by atoms with Gasteiger partial charge in [-0.15, -0.1) is 0 Å². The summed E-state index contributed by atoms with van der Waals surface area (Å²) in [6, 6.07) is 1.73. The molecule has 2 rings (SSSR count). The van der Waals surface area contributed by atoms with E-state index in [0.717, 1.165) is 12.1 Å². The summed E-state index contributed by atoms with van der Waals surface area (Å²) in [7, 11) is -3.56. The number of hydrogen-bond acceptors (Lipinski definition) is 3. The molecule has 1 fully saturated rings. The molecule has 1 amide bonds. The minimum atomic E-state index is -3.56. The molecule has 1 atom stereocenters. The van der Waals surface area contributed by atoms with Crippen molar-refractivity contribution in [3.8, 4) is 0 Å². The zero-order valence-electron chi connectivity index (χ0n) is 11.1. The summed E-state index contributed by atoms with van der Waals surface area (Å²) >= 11 is 0. The Labute approximate surface area is 116 Å². The van der Waals surface area contributed by atoms with E-state index in [2.05, 4.69) is 0 Å². The molecule has 1 aromatic carbocycles. The lowest BCUT2D eigenvalue weighted by atomic mass is 10.0. The third-order valence-corrected chi connectivity index (χ3v) is 4.72. The lowest BCUT2D eigenvalue weighted by Gasteiger charge is -2.38.